The van der Waals surface area contributed by atoms with Crippen molar-refractivity contribution in [2.24, 2.45) is 0 Å². The van der Waals surface area contributed by atoms with Gasteiger partial charge in [-0.25, -0.2) is 8.78 Å². The number of halogens is 2. The van der Waals surface area contributed by atoms with Crippen LogP contribution in [0.1, 0.15) is 12.0 Å². The van der Waals surface area contributed by atoms with Crippen LogP contribution in [0.15, 0.2) is 17.0 Å². The normalized spacial score (nSPS) is 10.7. The van der Waals surface area contributed by atoms with Gasteiger partial charge in [0.1, 0.15) is 11.6 Å². The number of nitrogens with one attached hydrogen (secondary N) is 1. The molecule has 7 heteroatoms. The molecule has 0 aliphatic carbocycles. The molecule has 1 rings (SSSR count). The van der Waals surface area contributed by atoms with Crippen molar-refractivity contribution in [1.82, 2.24) is 5.32 Å². The van der Waals surface area contributed by atoms with Crippen LogP contribution in [0.5, 0.6) is 0 Å². The number of carbonyl (C=O) groups excluding carboxylic acids is 1. The fourth-order valence-electron chi connectivity index (χ4n) is 1.60. The lowest BCUT2D eigenvalue weighted by atomic mass is 10.2. The molecule has 0 saturated heterocycles. The molecule has 0 bridgehead atoms. The molecule has 1 aromatic rings. The molecule has 0 aliphatic heterocycles. The van der Waals surface area contributed by atoms with Crippen molar-refractivity contribution in [2.45, 2.75) is 17.9 Å². The number of esters is 1. The summed E-state index contributed by atoms with van der Waals surface area (Å²) < 4.78 is 37.1. The summed E-state index contributed by atoms with van der Waals surface area (Å²) in [6, 6.07) is 2.59. The Balaban J connectivity index is 2.56. The molecular weight excluding hydrogens is 300 g/mol. The molecule has 0 aliphatic rings. The zero-order valence-corrected chi connectivity index (χ0v) is 12.9. The first-order valence-corrected chi connectivity index (χ1v) is 7.44. The van der Waals surface area contributed by atoms with E-state index in [4.69, 9.17) is 4.74 Å². The molecule has 0 radical (unpaired) electrons. The Labute approximate surface area is 127 Å². The number of ether oxygens (including phenoxy) is 2. The van der Waals surface area contributed by atoms with Gasteiger partial charge in [-0.2, -0.15) is 0 Å². The largest absolute Gasteiger partial charge is 0.469 e. The molecule has 1 aromatic carbocycles. The van der Waals surface area contributed by atoms with Gasteiger partial charge < -0.3 is 14.8 Å². The highest BCUT2D eigenvalue weighted by molar-refractivity contribution is 7.99. The summed E-state index contributed by atoms with van der Waals surface area (Å²) in [7, 11) is 2.86. The number of thioether (sulfide) groups is 1. The molecule has 0 atom stereocenters. The predicted octanol–water partition coefficient (Wildman–Crippen LogP) is 2.36. The minimum absolute atomic E-state index is 0.0699. The van der Waals surface area contributed by atoms with E-state index in [9.17, 15) is 13.6 Å². The Hall–Kier alpha value is -1.18. The predicted molar refractivity (Wildman–Crippen MR) is 77.3 cm³/mol. The lowest BCUT2D eigenvalue weighted by Gasteiger charge is -2.09. The molecule has 1 N–H and O–H groups in total. The van der Waals surface area contributed by atoms with Gasteiger partial charge in [0, 0.05) is 26.0 Å². The van der Waals surface area contributed by atoms with Crippen LogP contribution in [0.2, 0.25) is 0 Å². The van der Waals surface area contributed by atoms with Crippen LogP contribution >= 0.6 is 11.8 Å². The summed E-state index contributed by atoms with van der Waals surface area (Å²) in [6.07, 6.45) is 0.111. The first kappa shape index (κ1) is 17.9. The van der Waals surface area contributed by atoms with E-state index in [2.05, 4.69) is 10.1 Å². The third-order valence-electron chi connectivity index (χ3n) is 2.65. The Kier molecular flexibility index (Phi) is 8.26. The molecule has 21 heavy (non-hydrogen) atoms. The van der Waals surface area contributed by atoms with Crippen molar-refractivity contribution >= 4 is 17.7 Å². The van der Waals surface area contributed by atoms with Crippen LogP contribution in [-0.4, -0.2) is 39.1 Å². The minimum Gasteiger partial charge on any atom is -0.469 e. The highest BCUT2D eigenvalue weighted by Crippen LogP contribution is 2.27. The van der Waals surface area contributed by atoms with Crippen LogP contribution in [0.25, 0.3) is 0 Å². The standard InChI is InChI=1S/C14H19F2NO3S/c1-19-5-4-17-9-10-7-11(15)14(12(16)8-10)21-6-3-13(18)20-2/h7-8,17H,3-6,9H2,1-2H3. The summed E-state index contributed by atoms with van der Waals surface area (Å²) in [6.45, 7) is 1.51. The first-order chi connectivity index (χ1) is 10.1. The SMILES string of the molecule is COCCNCc1cc(F)c(SCCC(=O)OC)c(F)c1. The van der Waals surface area contributed by atoms with E-state index in [0.717, 1.165) is 11.8 Å². The topological polar surface area (TPSA) is 47.6 Å². The second-order valence-corrected chi connectivity index (χ2v) is 5.34. The molecule has 0 aromatic heterocycles. The van der Waals surface area contributed by atoms with E-state index in [1.807, 2.05) is 0 Å². The number of carbonyl (C=O) groups is 1. The summed E-state index contributed by atoms with van der Waals surface area (Å²) >= 11 is 0.967. The molecule has 0 saturated carbocycles. The molecule has 4 nitrogen and oxygen atoms in total. The number of hydrogen-bond acceptors (Lipinski definition) is 5. The summed E-state index contributed by atoms with van der Waals surface area (Å²) in [5.74, 6) is -1.37. The van der Waals surface area contributed by atoms with Gasteiger partial charge in [-0.3, -0.25) is 4.79 Å². The van der Waals surface area contributed by atoms with Gasteiger partial charge in [0.05, 0.1) is 25.0 Å². The van der Waals surface area contributed by atoms with Gasteiger partial charge in [0.15, 0.2) is 0 Å². The Morgan fingerprint density at radius 1 is 1.29 bits per heavy atom. The summed E-state index contributed by atoms with van der Waals surface area (Å²) in [5.41, 5.74) is 0.526. The van der Waals surface area contributed by atoms with Crippen molar-refractivity contribution in [3.63, 3.8) is 0 Å². The van der Waals surface area contributed by atoms with E-state index in [-0.39, 0.29) is 17.1 Å². The first-order valence-electron chi connectivity index (χ1n) is 6.45. The molecule has 0 fully saturated rings. The third-order valence-corrected chi connectivity index (χ3v) is 3.74. The number of methoxy groups -OCH3 is 2. The lowest BCUT2D eigenvalue weighted by molar-refractivity contribution is -0.140. The van der Waals surface area contributed by atoms with Gasteiger partial charge in [0.2, 0.25) is 0 Å². The zero-order valence-electron chi connectivity index (χ0n) is 12.1. The quantitative estimate of drug-likeness (QED) is 0.430. The van der Waals surface area contributed by atoms with E-state index in [1.54, 1.807) is 7.11 Å². The minimum atomic E-state index is -0.617. The summed E-state index contributed by atoms with van der Waals surface area (Å²) in [5, 5.41) is 3.02. The van der Waals surface area contributed by atoms with E-state index >= 15 is 0 Å². The third kappa shape index (κ3) is 6.41. The van der Waals surface area contributed by atoms with Crippen molar-refractivity contribution in [3.05, 3.63) is 29.3 Å². The Morgan fingerprint density at radius 2 is 1.95 bits per heavy atom. The maximum Gasteiger partial charge on any atom is 0.306 e. The molecule has 0 unspecified atom stereocenters. The zero-order chi connectivity index (χ0) is 15.7. The molecule has 0 amide bonds. The maximum absolute atomic E-state index is 13.9. The van der Waals surface area contributed by atoms with E-state index < -0.39 is 17.6 Å². The Bertz CT molecular complexity index is 449. The number of hydrogen-bond donors (Lipinski definition) is 1. The number of benzene rings is 1. The van der Waals surface area contributed by atoms with Gasteiger partial charge >= 0.3 is 5.97 Å². The van der Waals surface area contributed by atoms with Gasteiger partial charge in [-0.1, -0.05) is 0 Å². The van der Waals surface area contributed by atoms with Crippen molar-refractivity contribution in [1.29, 1.82) is 0 Å². The van der Waals surface area contributed by atoms with Crippen molar-refractivity contribution in [2.75, 3.05) is 33.1 Å². The second kappa shape index (κ2) is 9.70. The maximum atomic E-state index is 13.9. The molecule has 0 spiro atoms. The Morgan fingerprint density at radius 3 is 2.52 bits per heavy atom. The van der Waals surface area contributed by atoms with Crippen LogP contribution in [0.3, 0.4) is 0 Å². The van der Waals surface area contributed by atoms with Gasteiger partial charge in [-0.05, 0) is 17.7 Å². The van der Waals surface area contributed by atoms with Gasteiger partial charge in [-0.15, -0.1) is 11.8 Å². The number of rotatable bonds is 9. The monoisotopic (exact) mass is 319 g/mol. The average Bonchev–Trinajstić information content (AvgIpc) is 2.46. The fourth-order valence-corrected chi connectivity index (χ4v) is 2.46. The highest BCUT2D eigenvalue weighted by Gasteiger charge is 2.12. The van der Waals surface area contributed by atoms with Crippen LogP contribution in [0.4, 0.5) is 8.78 Å². The molecule has 118 valence electrons. The van der Waals surface area contributed by atoms with E-state index in [1.165, 1.54) is 19.2 Å². The van der Waals surface area contributed by atoms with Crippen LogP contribution in [0, 0.1) is 11.6 Å². The smallest absolute Gasteiger partial charge is 0.306 e. The van der Waals surface area contributed by atoms with Crippen molar-refractivity contribution in [3.8, 4) is 0 Å². The highest BCUT2D eigenvalue weighted by atomic mass is 32.2. The van der Waals surface area contributed by atoms with E-state index in [0.29, 0.717) is 25.3 Å². The van der Waals surface area contributed by atoms with Crippen LogP contribution in [-0.2, 0) is 20.8 Å². The summed E-state index contributed by atoms with van der Waals surface area (Å²) in [4.78, 5) is 10.9. The lowest BCUT2D eigenvalue weighted by Crippen LogP contribution is -2.18. The van der Waals surface area contributed by atoms with Gasteiger partial charge in [0.25, 0.3) is 0 Å². The average molecular weight is 319 g/mol. The molecular formula is C14H19F2NO3S. The molecule has 0 heterocycles. The second-order valence-electron chi connectivity index (χ2n) is 4.23. The fraction of sp³-hybridized carbons (Fsp3) is 0.500. The van der Waals surface area contributed by atoms with Crippen LogP contribution < -0.4 is 5.32 Å². The van der Waals surface area contributed by atoms with Crippen molar-refractivity contribution < 1.29 is 23.0 Å².